The molecular weight excluding hydrogens is 296 g/mol. The summed E-state index contributed by atoms with van der Waals surface area (Å²) in [4.78, 5) is 8.98. The third kappa shape index (κ3) is 2.50. The molecular formula is C15H20N6O2. The Bertz CT molecular complexity index is 704. The van der Waals surface area contributed by atoms with Crippen molar-refractivity contribution in [1.29, 1.82) is 0 Å². The summed E-state index contributed by atoms with van der Waals surface area (Å²) in [5.41, 5.74) is 0. The largest absolute Gasteiger partial charge is 0.408 e. The van der Waals surface area contributed by atoms with Crippen LogP contribution in [0, 0.1) is 0 Å². The normalized spacial score (nSPS) is 26.0. The van der Waals surface area contributed by atoms with Crippen LogP contribution in [0.25, 0.3) is 0 Å². The van der Waals surface area contributed by atoms with Gasteiger partial charge >= 0.3 is 6.01 Å². The molecule has 0 N–H and O–H groups in total. The van der Waals surface area contributed by atoms with Crippen LogP contribution in [0.2, 0.25) is 0 Å². The Labute approximate surface area is 133 Å². The Morgan fingerprint density at radius 1 is 1.00 bits per heavy atom. The molecule has 2 aromatic heterocycles. The number of hydrogen-bond acceptors (Lipinski definition) is 8. The van der Waals surface area contributed by atoms with Crippen molar-refractivity contribution in [3.05, 3.63) is 17.6 Å². The number of likely N-dealkylation sites (N-methyl/N-ethyl adjacent to an activating group) is 1. The summed E-state index contributed by atoms with van der Waals surface area (Å²) >= 11 is 0. The van der Waals surface area contributed by atoms with Gasteiger partial charge in [-0.3, -0.25) is 4.90 Å². The van der Waals surface area contributed by atoms with E-state index in [1.807, 2.05) is 0 Å². The summed E-state index contributed by atoms with van der Waals surface area (Å²) in [7, 11) is 2.09. The number of anilines is 1. The van der Waals surface area contributed by atoms with Crippen molar-refractivity contribution < 1.29 is 8.94 Å². The molecule has 1 unspecified atom stereocenters. The minimum Gasteiger partial charge on any atom is -0.408 e. The van der Waals surface area contributed by atoms with E-state index >= 15 is 0 Å². The molecule has 0 bridgehead atoms. The van der Waals surface area contributed by atoms with E-state index in [-0.39, 0.29) is 6.04 Å². The third-order valence-corrected chi connectivity index (χ3v) is 4.96. The van der Waals surface area contributed by atoms with E-state index in [1.54, 1.807) is 0 Å². The van der Waals surface area contributed by atoms with E-state index in [9.17, 15) is 0 Å². The van der Waals surface area contributed by atoms with Crippen LogP contribution in [0.3, 0.4) is 0 Å². The molecule has 2 saturated carbocycles. The van der Waals surface area contributed by atoms with Gasteiger partial charge in [-0.1, -0.05) is 10.3 Å². The average molecular weight is 316 g/mol. The standard InChI is InChI=1S/C15H20N6O2/c1-20-6-7-21(15-18-17-13(22-15)10-4-5-10)8-11(20)14-16-12(19-23-14)9-2-3-9/h9-11H,2-8H2,1H3. The molecule has 8 heteroatoms. The number of piperazine rings is 1. The molecule has 1 atom stereocenters. The Morgan fingerprint density at radius 2 is 1.83 bits per heavy atom. The molecule has 0 aromatic carbocycles. The van der Waals surface area contributed by atoms with Crippen molar-refractivity contribution in [3.63, 3.8) is 0 Å². The second-order valence-electron chi connectivity index (χ2n) is 6.90. The van der Waals surface area contributed by atoms with E-state index in [0.29, 0.717) is 23.7 Å². The van der Waals surface area contributed by atoms with Gasteiger partial charge in [0.25, 0.3) is 0 Å². The quantitative estimate of drug-likeness (QED) is 0.842. The number of hydrogen-bond donors (Lipinski definition) is 0. The highest BCUT2D eigenvalue weighted by molar-refractivity contribution is 5.27. The molecule has 0 radical (unpaired) electrons. The zero-order valence-electron chi connectivity index (χ0n) is 13.2. The topological polar surface area (TPSA) is 84.3 Å². The van der Waals surface area contributed by atoms with Crippen molar-refractivity contribution in [3.8, 4) is 0 Å². The van der Waals surface area contributed by atoms with Crippen LogP contribution < -0.4 is 4.90 Å². The van der Waals surface area contributed by atoms with Gasteiger partial charge in [-0.15, -0.1) is 5.10 Å². The predicted octanol–water partition coefficient (Wildman–Crippen LogP) is 1.70. The third-order valence-electron chi connectivity index (χ3n) is 4.96. The average Bonchev–Trinajstić information content (AvgIpc) is 3.50. The van der Waals surface area contributed by atoms with Crippen LogP contribution in [-0.2, 0) is 0 Å². The molecule has 1 saturated heterocycles. The second-order valence-corrected chi connectivity index (χ2v) is 6.90. The maximum atomic E-state index is 5.84. The van der Waals surface area contributed by atoms with Gasteiger partial charge in [0, 0.05) is 31.5 Å². The molecule has 5 rings (SSSR count). The number of rotatable bonds is 4. The van der Waals surface area contributed by atoms with Crippen LogP contribution in [0.4, 0.5) is 6.01 Å². The number of nitrogens with zero attached hydrogens (tertiary/aromatic N) is 6. The lowest BCUT2D eigenvalue weighted by atomic mass is 10.2. The van der Waals surface area contributed by atoms with Crippen molar-refractivity contribution in [2.75, 3.05) is 31.6 Å². The maximum absolute atomic E-state index is 5.84. The summed E-state index contributed by atoms with van der Waals surface area (Å²) in [5, 5.41) is 12.5. The first-order chi connectivity index (χ1) is 11.3. The summed E-state index contributed by atoms with van der Waals surface area (Å²) in [6.07, 6.45) is 4.69. The molecule has 3 aliphatic rings. The van der Waals surface area contributed by atoms with Gasteiger partial charge in [-0.25, -0.2) is 0 Å². The molecule has 3 heterocycles. The first-order valence-corrected chi connectivity index (χ1v) is 8.40. The molecule has 23 heavy (non-hydrogen) atoms. The highest BCUT2D eigenvalue weighted by Gasteiger charge is 2.36. The molecule has 0 spiro atoms. The molecule has 1 aliphatic heterocycles. The smallest absolute Gasteiger partial charge is 0.318 e. The van der Waals surface area contributed by atoms with Crippen LogP contribution >= 0.6 is 0 Å². The van der Waals surface area contributed by atoms with Crippen LogP contribution in [0.15, 0.2) is 8.94 Å². The van der Waals surface area contributed by atoms with Gasteiger partial charge in [0.15, 0.2) is 5.82 Å². The highest BCUT2D eigenvalue weighted by Crippen LogP contribution is 2.41. The first-order valence-electron chi connectivity index (χ1n) is 8.40. The summed E-state index contributed by atoms with van der Waals surface area (Å²) < 4.78 is 11.4. The van der Waals surface area contributed by atoms with Crippen LogP contribution in [0.5, 0.6) is 0 Å². The van der Waals surface area contributed by atoms with Gasteiger partial charge in [-0.05, 0) is 32.7 Å². The molecule has 122 valence electrons. The minimum atomic E-state index is 0.0695. The predicted molar refractivity (Wildman–Crippen MR) is 80.1 cm³/mol. The van der Waals surface area contributed by atoms with E-state index in [4.69, 9.17) is 8.94 Å². The fraction of sp³-hybridized carbons (Fsp3) is 0.733. The first kappa shape index (κ1) is 13.5. The zero-order valence-corrected chi connectivity index (χ0v) is 13.2. The van der Waals surface area contributed by atoms with E-state index < -0.39 is 0 Å². The Kier molecular flexibility index (Phi) is 2.94. The van der Waals surface area contributed by atoms with Gasteiger partial charge in [-0.2, -0.15) is 4.98 Å². The van der Waals surface area contributed by atoms with Crippen LogP contribution in [0.1, 0.15) is 61.2 Å². The highest BCUT2D eigenvalue weighted by atomic mass is 16.5. The molecule has 2 aromatic rings. The maximum Gasteiger partial charge on any atom is 0.318 e. The lowest BCUT2D eigenvalue weighted by molar-refractivity contribution is 0.174. The van der Waals surface area contributed by atoms with E-state index in [1.165, 1.54) is 25.7 Å². The van der Waals surface area contributed by atoms with Gasteiger partial charge in [0.2, 0.25) is 11.8 Å². The van der Waals surface area contributed by atoms with Gasteiger partial charge in [0.1, 0.15) is 6.04 Å². The summed E-state index contributed by atoms with van der Waals surface area (Å²) in [5.74, 6) is 3.33. The van der Waals surface area contributed by atoms with Crippen LogP contribution in [-0.4, -0.2) is 51.9 Å². The zero-order chi connectivity index (χ0) is 15.4. The van der Waals surface area contributed by atoms with Gasteiger partial charge in [0.05, 0.1) is 0 Å². The van der Waals surface area contributed by atoms with Crippen molar-refractivity contribution >= 4 is 6.01 Å². The van der Waals surface area contributed by atoms with Crippen molar-refractivity contribution in [1.82, 2.24) is 25.2 Å². The fourth-order valence-electron chi connectivity index (χ4n) is 3.05. The van der Waals surface area contributed by atoms with Gasteiger partial charge < -0.3 is 13.8 Å². The lowest BCUT2D eigenvalue weighted by Gasteiger charge is -2.36. The molecule has 3 fully saturated rings. The minimum absolute atomic E-state index is 0.0695. The SMILES string of the molecule is CN1CCN(c2nnc(C3CC3)o2)CC1c1nc(C2CC2)no1. The Morgan fingerprint density at radius 3 is 2.61 bits per heavy atom. The summed E-state index contributed by atoms with van der Waals surface area (Å²) in [6.45, 7) is 2.49. The summed E-state index contributed by atoms with van der Waals surface area (Å²) in [6, 6.07) is 0.687. The monoisotopic (exact) mass is 316 g/mol. The second kappa shape index (κ2) is 5.02. The molecule has 8 nitrogen and oxygen atoms in total. The number of aromatic nitrogens is 4. The Hall–Kier alpha value is -1.96. The lowest BCUT2D eigenvalue weighted by Crippen LogP contribution is -2.47. The van der Waals surface area contributed by atoms with E-state index in [0.717, 1.165) is 31.3 Å². The molecule has 2 aliphatic carbocycles. The van der Waals surface area contributed by atoms with Crippen molar-refractivity contribution in [2.24, 2.45) is 0 Å². The van der Waals surface area contributed by atoms with Crippen molar-refractivity contribution in [2.45, 2.75) is 43.6 Å². The fourth-order valence-corrected chi connectivity index (χ4v) is 3.05. The van der Waals surface area contributed by atoms with E-state index in [2.05, 4.69) is 37.2 Å². The Balaban J connectivity index is 1.35. The molecule has 0 amide bonds.